The van der Waals surface area contributed by atoms with Gasteiger partial charge in [0.1, 0.15) is 0 Å². The first-order chi connectivity index (χ1) is 17.3. The van der Waals surface area contributed by atoms with Gasteiger partial charge >= 0.3 is 7.67 Å². The summed E-state index contributed by atoms with van der Waals surface area (Å²) in [6.07, 6.45) is 14.2. The topological polar surface area (TPSA) is 57.6 Å². The van der Waals surface area contributed by atoms with Crippen LogP contribution < -0.4 is 0 Å². The second-order valence-corrected chi connectivity index (χ2v) is 15.3. The molecule has 0 amide bonds. The van der Waals surface area contributed by atoms with Crippen LogP contribution in [0.5, 0.6) is 0 Å². The molecule has 2 aliphatic heterocycles. The molecule has 0 aromatic carbocycles. The molecule has 0 aliphatic carbocycles. The number of hydrogen-bond donors (Lipinski definition) is 0. The molecule has 2 saturated heterocycles. The number of hydrogen-bond acceptors (Lipinski definition) is 3. The quantitative estimate of drug-likeness (QED) is 0.157. The Bertz CT molecular complexity index is 732. The van der Waals surface area contributed by atoms with E-state index in [1.807, 2.05) is 25.4 Å². The Labute approximate surface area is 229 Å². The highest BCUT2D eigenvalue weighted by Crippen LogP contribution is 2.56. The Balaban J connectivity index is 1.99. The van der Waals surface area contributed by atoms with Crippen molar-refractivity contribution in [1.29, 1.82) is 0 Å². The van der Waals surface area contributed by atoms with Gasteiger partial charge in [0.05, 0.1) is 18.3 Å². The Morgan fingerprint density at radius 2 is 1.51 bits per heavy atom. The van der Waals surface area contributed by atoms with Crippen molar-refractivity contribution in [1.82, 2.24) is 14.5 Å². The standard InChI is InChI=1S/C29H59N4O3P/c1-9-10-11-12-13-14-15-16-17-18-19-32-21-20-31(8)27(32)30-37(34,36-29(5,6)7)33-22-23-35-26(25-33)24-28(2,3)4/h26H,9-25H2,1-8H3. The number of ether oxygens (including phenoxy) is 1. The zero-order valence-corrected chi connectivity index (χ0v) is 26.5. The van der Waals surface area contributed by atoms with Crippen molar-refractivity contribution in [3.05, 3.63) is 0 Å². The third-order valence-corrected chi connectivity index (χ3v) is 9.33. The molecule has 0 aromatic rings. The summed E-state index contributed by atoms with van der Waals surface area (Å²) in [6, 6.07) is 0. The monoisotopic (exact) mass is 542 g/mol. The smallest absolute Gasteiger partial charge is 0.376 e. The molecule has 0 radical (unpaired) electrons. The second kappa shape index (κ2) is 15.2. The second-order valence-electron chi connectivity index (χ2n) is 13.4. The number of guanidine groups is 1. The SMILES string of the molecule is CCCCCCCCCCCCN1CCN(C)C1=NP(=O)(OC(C)(C)C)N1CCOC(CC(C)(C)C)C1. The molecule has 0 spiro atoms. The first kappa shape index (κ1) is 32.6. The minimum Gasteiger partial charge on any atom is -0.376 e. The third kappa shape index (κ3) is 12.4. The van der Waals surface area contributed by atoms with Crippen LogP contribution >= 0.6 is 7.67 Å². The predicted molar refractivity (Wildman–Crippen MR) is 157 cm³/mol. The molecule has 218 valence electrons. The van der Waals surface area contributed by atoms with Gasteiger partial charge in [-0.3, -0.25) is 4.52 Å². The Morgan fingerprint density at radius 3 is 2.08 bits per heavy atom. The number of rotatable bonds is 15. The maximum absolute atomic E-state index is 14.5. The first-order valence-electron chi connectivity index (χ1n) is 15.1. The lowest BCUT2D eigenvalue weighted by atomic mass is 9.89. The van der Waals surface area contributed by atoms with Crippen LogP contribution in [-0.2, 0) is 13.8 Å². The predicted octanol–water partition coefficient (Wildman–Crippen LogP) is 7.57. The summed E-state index contributed by atoms with van der Waals surface area (Å²) in [5.74, 6) is 0.822. The minimum atomic E-state index is -3.45. The van der Waals surface area contributed by atoms with Crippen LogP contribution in [0.4, 0.5) is 0 Å². The molecule has 2 fully saturated rings. The average Bonchev–Trinajstić information content (AvgIpc) is 3.12. The van der Waals surface area contributed by atoms with Crippen LogP contribution in [0, 0.1) is 5.41 Å². The fourth-order valence-corrected chi connectivity index (χ4v) is 7.43. The van der Waals surface area contributed by atoms with Crippen molar-refractivity contribution >= 4 is 13.6 Å². The molecule has 8 heteroatoms. The van der Waals surface area contributed by atoms with Gasteiger partial charge in [-0.2, -0.15) is 4.76 Å². The van der Waals surface area contributed by atoms with Gasteiger partial charge < -0.3 is 14.5 Å². The Hall–Kier alpha value is -0.620. The molecule has 2 rings (SSSR count). The van der Waals surface area contributed by atoms with E-state index in [0.29, 0.717) is 19.7 Å². The fourth-order valence-electron chi connectivity index (χ4n) is 5.20. The summed E-state index contributed by atoms with van der Waals surface area (Å²) in [7, 11) is -1.39. The van der Waals surface area contributed by atoms with Crippen LogP contribution in [0.15, 0.2) is 4.76 Å². The van der Waals surface area contributed by atoms with E-state index in [2.05, 4.69) is 44.5 Å². The van der Waals surface area contributed by atoms with Crippen LogP contribution in [0.2, 0.25) is 0 Å². The lowest BCUT2D eigenvalue weighted by Crippen LogP contribution is -2.43. The van der Waals surface area contributed by atoms with Gasteiger partial charge in [-0.1, -0.05) is 85.5 Å². The van der Waals surface area contributed by atoms with Crippen molar-refractivity contribution in [2.75, 3.05) is 46.4 Å². The summed E-state index contributed by atoms with van der Waals surface area (Å²) in [5.41, 5.74) is -0.415. The molecule has 2 heterocycles. The summed E-state index contributed by atoms with van der Waals surface area (Å²) in [6.45, 7) is 19.4. The first-order valence-corrected chi connectivity index (χ1v) is 16.6. The molecule has 2 atom stereocenters. The average molecular weight is 543 g/mol. The molecule has 0 aromatic heterocycles. The van der Waals surface area contributed by atoms with Gasteiger partial charge in [-0.15, -0.1) is 0 Å². The molecule has 0 N–H and O–H groups in total. The van der Waals surface area contributed by atoms with Gasteiger partial charge in [0.15, 0.2) is 0 Å². The van der Waals surface area contributed by atoms with E-state index in [-0.39, 0.29) is 11.5 Å². The molecule has 2 unspecified atom stereocenters. The lowest BCUT2D eigenvalue weighted by Gasteiger charge is -2.39. The maximum atomic E-state index is 14.5. The summed E-state index contributed by atoms with van der Waals surface area (Å²) in [5, 5.41) is 0. The van der Waals surface area contributed by atoms with E-state index in [0.717, 1.165) is 38.4 Å². The highest BCUT2D eigenvalue weighted by atomic mass is 31.2. The normalized spacial score (nSPS) is 22.7. The maximum Gasteiger partial charge on any atom is 0.393 e. The minimum absolute atomic E-state index is 0.0369. The van der Waals surface area contributed by atoms with Crippen molar-refractivity contribution in [2.24, 2.45) is 10.2 Å². The van der Waals surface area contributed by atoms with E-state index in [1.165, 1.54) is 57.8 Å². The number of nitrogens with zero attached hydrogens (tertiary/aromatic N) is 4. The van der Waals surface area contributed by atoms with E-state index in [9.17, 15) is 4.57 Å². The van der Waals surface area contributed by atoms with Gasteiger partial charge in [0.2, 0.25) is 5.96 Å². The number of unbranched alkanes of at least 4 members (excludes halogenated alkanes) is 9. The highest BCUT2D eigenvalue weighted by Gasteiger charge is 2.42. The largest absolute Gasteiger partial charge is 0.393 e. The van der Waals surface area contributed by atoms with E-state index in [1.54, 1.807) is 0 Å². The van der Waals surface area contributed by atoms with Crippen molar-refractivity contribution < 1.29 is 13.8 Å². The van der Waals surface area contributed by atoms with E-state index < -0.39 is 13.3 Å². The van der Waals surface area contributed by atoms with Crippen LogP contribution in [0.1, 0.15) is 119 Å². The van der Waals surface area contributed by atoms with Crippen molar-refractivity contribution in [3.63, 3.8) is 0 Å². The number of likely N-dealkylation sites (N-methyl/N-ethyl adjacent to an activating group) is 1. The summed E-state index contributed by atoms with van der Waals surface area (Å²) < 4.78 is 33.7. The van der Waals surface area contributed by atoms with Gasteiger partial charge in [0, 0.05) is 39.8 Å². The van der Waals surface area contributed by atoms with Gasteiger partial charge in [0.25, 0.3) is 0 Å². The summed E-state index contributed by atoms with van der Waals surface area (Å²) >= 11 is 0. The fraction of sp³-hybridized carbons (Fsp3) is 0.966. The molecule has 0 bridgehead atoms. The highest BCUT2D eigenvalue weighted by molar-refractivity contribution is 7.55. The zero-order valence-electron chi connectivity index (χ0n) is 25.6. The van der Waals surface area contributed by atoms with Gasteiger partial charge in [-0.25, -0.2) is 9.24 Å². The molecule has 2 aliphatic rings. The van der Waals surface area contributed by atoms with Crippen molar-refractivity contribution in [2.45, 2.75) is 131 Å². The van der Waals surface area contributed by atoms with Crippen molar-refractivity contribution in [3.8, 4) is 0 Å². The Morgan fingerprint density at radius 1 is 0.919 bits per heavy atom. The summed E-state index contributed by atoms with van der Waals surface area (Å²) in [4.78, 5) is 4.46. The number of morpholine rings is 1. The van der Waals surface area contributed by atoms with Crippen LogP contribution in [-0.4, -0.2) is 78.5 Å². The zero-order chi connectivity index (χ0) is 27.5. The molecular formula is C29H59N4O3P. The third-order valence-electron chi connectivity index (χ3n) is 7.03. The van der Waals surface area contributed by atoms with Gasteiger partial charge in [-0.05, 0) is 39.0 Å². The Kier molecular flexibility index (Phi) is 13.4. The molecule has 37 heavy (non-hydrogen) atoms. The van der Waals surface area contributed by atoms with E-state index >= 15 is 0 Å². The lowest BCUT2D eigenvalue weighted by molar-refractivity contribution is -0.0291. The van der Waals surface area contributed by atoms with Crippen LogP contribution in [0.25, 0.3) is 0 Å². The van der Waals surface area contributed by atoms with E-state index in [4.69, 9.17) is 14.0 Å². The molecule has 0 saturated carbocycles. The molecular weight excluding hydrogens is 483 g/mol. The van der Waals surface area contributed by atoms with Crippen LogP contribution in [0.3, 0.4) is 0 Å². The molecule has 7 nitrogen and oxygen atoms in total.